The second kappa shape index (κ2) is 6.97. The van der Waals surface area contributed by atoms with Gasteiger partial charge in [-0.3, -0.25) is 4.79 Å². The van der Waals surface area contributed by atoms with E-state index in [9.17, 15) is 4.79 Å². The monoisotopic (exact) mass is 330 g/mol. The molecule has 0 aliphatic carbocycles. The van der Waals surface area contributed by atoms with Crippen LogP contribution in [0.5, 0.6) is 0 Å². The van der Waals surface area contributed by atoms with Crippen molar-refractivity contribution in [1.29, 1.82) is 0 Å². The quantitative estimate of drug-likeness (QED) is 0.890. The van der Waals surface area contributed by atoms with Gasteiger partial charge in [-0.25, -0.2) is 0 Å². The summed E-state index contributed by atoms with van der Waals surface area (Å²) in [7, 11) is 1.61. The lowest BCUT2D eigenvalue weighted by Gasteiger charge is -2.35. The number of hydrogen-bond acceptors (Lipinski definition) is 3. The minimum Gasteiger partial charge on any atom is -0.384 e. The van der Waals surface area contributed by atoms with E-state index in [4.69, 9.17) is 27.9 Å². The molecule has 21 heavy (non-hydrogen) atoms. The Morgan fingerprint density at radius 2 is 2.05 bits per heavy atom. The maximum absolute atomic E-state index is 12.8. The van der Waals surface area contributed by atoms with E-state index < -0.39 is 5.41 Å². The number of amides is 1. The van der Waals surface area contributed by atoms with Gasteiger partial charge in [0.15, 0.2) is 0 Å². The zero-order valence-corrected chi connectivity index (χ0v) is 13.8. The summed E-state index contributed by atoms with van der Waals surface area (Å²) in [5.41, 5.74) is 0.830. The van der Waals surface area contributed by atoms with Crippen molar-refractivity contribution in [3.05, 3.63) is 27.7 Å². The van der Waals surface area contributed by atoms with Crippen LogP contribution in [-0.2, 0) is 9.53 Å². The summed E-state index contributed by atoms with van der Waals surface area (Å²) < 4.78 is 5.27. The highest BCUT2D eigenvalue weighted by Crippen LogP contribution is 2.36. The molecular formula is C15H20Cl2N2O2. The lowest BCUT2D eigenvalue weighted by molar-refractivity contribution is -0.130. The van der Waals surface area contributed by atoms with Gasteiger partial charge in [-0.05, 0) is 44.5 Å². The van der Waals surface area contributed by atoms with E-state index in [-0.39, 0.29) is 5.91 Å². The molecule has 116 valence electrons. The largest absolute Gasteiger partial charge is 0.384 e. The Bertz CT molecular complexity index is 523. The van der Waals surface area contributed by atoms with Gasteiger partial charge in [0, 0.05) is 7.11 Å². The van der Waals surface area contributed by atoms with Crippen molar-refractivity contribution in [3.8, 4) is 0 Å². The minimum atomic E-state index is -0.531. The predicted octanol–water partition coefficient (Wildman–Crippen LogP) is 3.26. The number of methoxy groups -OCH3 is 1. The molecule has 2 N–H and O–H groups in total. The molecule has 0 unspecified atom stereocenters. The third-order valence-corrected chi connectivity index (χ3v) is 4.79. The van der Waals surface area contributed by atoms with Gasteiger partial charge in [-0.1, -0.05) is 29.3 Å². The van der Waals surface area contributed by atoms with Crippen molar-refractivity contribution in [1.82, 2.24) is 5.32 Å². The smallest absolute Gasteiger partial charge is 0.233 e. The van der Waals surface area contributed by atoms with Crippen molar-refractivity contribution in [3.63, 3.8) is 0 Å². The summed E-state index contributed by atoms with van der Waals surface area (Å²) in [5, 5.41) is 7.09. The summed E-state index contributed by atoms with van der Waals surface area (Å²) in [6.07, 6.45) is 1.46. The van der Waals surface area contributed by atoms with Crippen molar-refractivity contribution in [2.45, 2.75) is 19.8 Å². The first kappa shape index (κ1) is 16.6. The van der Waals surface area contributed by atoms with Crippen LogP contribution >= 0.6 is 23.2 Å². The number of rotatable bonds is 4. The fraction of sp³-hybridized carbons (Fsp3) is 0.533. The average Bonchev–Trinajstić information content (AvgIpc) is 2.48. The first-order valence-electron chi connectivity index (χ1n) is 6.96. The molecule has 1 aliphatic heterocycles. The van der Waals surface area contributed by atoms with Crippen LogP contribution in [0.1, 0.15) is 18.4 Å². The van der Waals surface area contributed by atoms with Crippen LogP contribution in [0, 0.1) is 12.3 Å². The zero-order valence-electron chi connectivity index (χ0n) is 12.3. The first-order valence-corrected chi connectivity index (χ1v) is 7.71. The molecule has 4 nitrogen and oxygen atoms in total. The van der Waals surface area contributed by atoms with Crippen LogP contribution in [0.15, 0.2) is 12.1 Å². The third-order valence-electron chi connectivity index (χ3n) is 3.99. The Kier molecular flexibility index (Phi) is 5.49. The molecule has 0 radical (unpaired) electrons. The maximum Gasteiger partial charge on any atom is 0.233 e. The van der Waals surface area contributed by atoms with Gasteiger partial charge in [0.25, 0.3) is 0 Å². The van der Waals surface area contributed by atoms with E-state index in [0.717, 1.165) is 31.5 Å². The number of aryl methyl sites for hydroxylation is 1. The Balaban J connectivity index is 2.25. The van der Waals surface area contributed by atoms with Crippen LogP contribution in [0.2, 0.25) is 10.0 Å². The summed E-state index contributed by atoms with van der Waals surface area (Å²) in [6, 6.07) is 3.57. The Morgan fingerprint density at radius 3 is 2.67 bits per heavy atom. The average molecular weight is 331 g/mol. The Morgan fingerprint density at radius 1 is 1.38 bits per heavy atom. The number of hydrogen-bond donors (Lipinski definition) is 2. The van der Waals surface area contributed by atoms with Crippen LogP contribution in [0.3, 0.4) is 0 Å². The van der Waals surface area contributed by atoms with Gasteiger partial charge in [0.1, 0.15) is 0 Å². The van der Waals surface area contributed by atoms with Crippen LogP contribution < -0.4 is 10.6 Å². The number of carbonyl (C=O) groups excluding carboxylic acids is 1. The molecule has 0 saturated carbocycles. The Labute approximate surface area is 135 Å². The minimum absolute atomic E-state index is 0.0831. The first-order chi connectivity index (χ1) is 10.00. The molecule has 6 heteroatoms. The lowest BCUT2D eigenvalue weighted by atomic mass is 9.78. The van der Waals surface area contributed by atoms with Gasteiger partial charge < -0.3 is 15.4 Å². The van der Waals surface area contributed by atoms with E-state index in [2.05, 4.69) is 10.6 Å². The second-order valence-electron chi connectivity index (χ2n) is 5.47. The maximum atomic E-state index is 12.8. The molecule has 0 aromatic heterocycles. The standard InChI is InChI=1S/C15H20Cl2N2O2/c1-10-3-4-11(16)13(12(10)17)19-14(20)15(9-21-2)5-7-18-8-6-15/h3-4,18H,5-9H2,1-2H3,(H,19,20). The molecule has 1 fully saturated rings. The van der Waals surface area contributed by atoms with E-state index in [1.807, 2.05) is 13.0 Å². The van der Waals surface area contributed by atoms with Gasteiger partial charge in [-0.15, -0.1) is 0 Å². The van der Waals surface area contributed by atoms with Gasteiger partial charge in [0.2, 0.25) is 5.91 Å². The van der Waals surface area contributed by atoms with Crippen molar-refractivity contribution >= 4 is 34.8 Å². The highest BCUT2D eigenvalue weighted by molar-refractivity contribution is 6.40. The number of piperidine rings is 1. The molecule has 2 rings (SSSR count). The molecule has 0 bridgehead atoms. The number of nitrogens with one attached hydrogen (secondary N) is 2. The summed E-state index contributed by atoms with van der Waals surface area (Å²) in [5.74, 6) is -0.0831. The highest BCUT2D eigenvalue weighted by Gasteiger charge is 2.40. The molecule has 0 atom stereocenters. The fourth-order valence-electron chi connectivity index (χ4n) is 2.64. The van der Waals surface area contributed by atoms with Gasteiger partial charge in [0.05, 0.1) is 27.8 Å². The van der Waals surface area contributed by atoms with Crippen LogP contribution in [-0.4, -0.2) is 32.7 Å². The predicted molar refractivity (Wildman–Crippen MR) is 86.2 cm³/mol. The topological polar surface area (TPSA) is 50.4 Å². The van der Waals surface area contributed by atoms with E-state index in [0.29, 0.717) is 22.3 Å². The Hall–Kier alpha value is -0.810. The van der Waals surface area contributed by atoms with Crippen LogP contribution in [0.25, 0.3) is 0 Å². The van der Waals surface area contributed by atoms with Gasteiger partial charge >= 0.3 is 0 Å². The molecule has 1 amide bonds. The third kappa shape index (κ3) is 3.51. The molecular weight excluding hydrogens is 311 g/mol. The lowest BCUT2D eigenvalue weighted by Crippen LogP contribution is -2.47. The van der Waals surface area contributed by atoms with Gasteiger partial charge in [-0.2, -0.15) is 0 Å². The summed E-state index contributed by atoms with van der Waals surface area (Å²) in [4.78, 5) is 12.8. The van der Waals surface area contributed by atoms with Crippen molar-refractivity contribution < 1.29 is 9.53 Å². The second-order valence-corrected chi connectivity index (χ2v) is 6.26. The zero-order chi connectivity index (χ0) is 15.5. The normalized spacial score (nSPS) is 17.5. The van der Waals surface area contributed by atoms with Crippen LogP contribution in [0.4, 0.5) is 5.69 Å². The number of anilines is 1. The molecule has 1 aromatic carbocycles. The number of halogens is 2. The van der Waals surface area contributed by atoms with E-state index in [1.54, 1.807) is 13.2 Å². The SMILES string of the molecule is COCC1(C(=O)Nc2c(Cl)ccc(C)c2Cl)CCNCC1. The van der Waals surface area contributed by atoms with E-state index in [1.165, 1.54) is 0 Å². The molecule has 1 heterocycles. The highest BCUT2D eigenvalue weighted by atomic mass is 35.5. The molecule has 0 spiro atoms. The summed E-state index contributed by atoms with van der Waals surface area (Å²) in [6.45, 7) is 3.86. The fourth-order valence-corrected chi connectivity index (χ4v) is 3.10. The molecule has 1 aliphatic rings. The number of ether oxygens (including phenoxy) is 1. The summed E-state index contributed by atoms with van der Waals surface area (Å²) >= 11 is 12.4. The van der Waals surface area contributed by atoms with Crippen molar-refractivity contribution in [2.24, 2.45) is 5.41 Å². The van der Waals surface area contributed by atoms with E-state index >= 15 is 0 Å². The molecule has 1 saturated heterocycles. The van der Waals surface area contributed by atoms with Crippen molar-refractivity contribution in [2.75, 3.05) is 32.1 Å². The number of carbonyl (C=O) groups is 1. The molecule has 1 aromatic rings. The number of benzene rings is 1.